The number of hydrogen-bond acceptors (Lipinski definition) is 5. The molecule has 0 spiro atoms. The summed E-state index contributed by atoms with van der Waals surface area (Å²) in [6.45, 7) is 3.81. The van der Waals surface area contributed by atoms with E-state index in [4.69, 9.17) is 16.3 Å². The highest BCUT2D eigenvalue weighted by atomic mass is 35.5. The molecule has 28 heavy (non-hydrogen) atoms. The van der Waals surface area contributed by atoms with Gasteiger partial charge in [0.25, 0.3) is 0 Å². The molecule has 0 aliphatic rings. The lowest BCUT2D eigenvalue weighted by molar-refractivity contribution is -0.135. The van der Waals surface area contributed by atoms with Crippen molar-refractivity contribution in [3.63, 3.8) is 0 Å². The number of halogens is 1. The molecule has 0 aromatic heterocycles. The van der Waals surface area contributed by atoms with Crippen molar-refractivity contribution in [1.29, 1.82) is 0 Å². The van der Waals surface area contributed by atoms with Gasteiger partial charge in [-0.05, 0) is 69.4 Å². The molecular formula is C21H23ClN2O4. The summed E-state index contributed by atoms with van der Waals surface area (Å²) in [4.78, 5) is 37.7. The van der Waals surface area contributed by atoms with Crippen LogP contribution in [0.15, 0.2) is 48.5 Å². The lowest BCUT2D eigenvalue weighted by Gasteiger charge is -2.16. The minimum atomic E-state index is -0.489. The molecule has 0 aliphatic carbocycles. The van der Waals surface area contributed by atoms with E-state index >= 15 is 0 Å². The van der Waals surface area contributed by atoms with Crippen molar-refractivity contribution in [2.45, 2.75) is 19.9 Å². The van der Waals surface area contributed by atoms with Crippen LogP contribution in [0.5, 0.6) is 5.75 Å². The first-order chi connectivity index (χ1) is 13.2. The van der Waals surface area contributed by atoms with Crippen LogP contribution >= 0.6 is 11.6 Å². The van der Waals surface area contributed by atoms with E-state index in [0.29, 0.717) is 21.9 Å². The van der Waals surface area contributed by atoms with Crippen molar-refractivity contribution in [1.82, 2.24) is 10.2 Å². The molecule has 0 radical (unpaired) electrons. The standard InChI is InChI=1S/C21H23ClN2O4/c1-14(2)23-19(25)12-24(3)13-20(26)28-18-10-6-16(7-11-18)21(27)15-4-8-17(22)9-5-15/h4-11,14H,12-13H2,1-3H3,(H,23,25). The maximum absolute atomic E-state index is 12.4. The third-order valence-corrected chi connectivity index (χ3v) is 3.97. The fourth-order valence-electron chi connectivity index (χ4n) is 2.50. The Morgan fingerprint density at radius 1 is 0.964 bits per heavy atom. The Morgan fingerprint density at radius 2 is 1.50 bits per heavy atom. The van der Waals surface area contributed by atoms with Gasteiger partial charge in [-0.15, -0.1) is 0 Å². The zero-order chi connectivity index (χ0) is 20.7. The highest BCUT2D eigenvalue weighted by Gasteiger charge is 2.14. The van der Waals surface area contributed by atoms with Crippen LogP contribution in [0.3, 0.4) is 0 Å². The number of carbonyl (C=O) groups excluding carboxylic acids is 3. The predicted octanol–water partition coefficient (Wildman–Crippen LogP) is 2.93. The van der Waals surface area contributed by atoms with E-state index in [1.807, 2.05) is 13.8 Å². The van der Waals surface area contributed by atoms with Gasteiger partial charge in [-0.2, -0.15) is 0 Å². The molecule has 7 heteroatoms. The molecule has 6 nitrogen and oxygen atoms in total. The average molecular weight is 403 g/mol. The van der Waals surface area contributed by atoms with Crippen molar-refractivity contribution in [2.75, 3.05) is 20.1 Å². The molecule has 2 aromatic rings. The minimum Gasteiger partial charge on any atom is -0.426 e. The number of likely N-dealkylation sites (N-methyl/N-ethyl adjacent to an activating group) is 1. The molecule has 0 fully saturated rings. The van der Waals surface area contributed by atoms with Gasteiger partial charge in [0, 0.05) is 22.2 Å². The number of nitrogens with zero attached hydrogens (tertiary/aromatic N) is 1. The average Bonchev–Trinajstić information content (AvgIpc) is 2.61. The topological polar surface area (TPSA) is 75.7 Å². The van der Waals surface area contributed by atoms with Crippen molar-refractivity contribution in [2.24, 2.45) is 0 Å². The van der Waals surface area contributed by atoms with E-state index in [-0.39, 0.29) is 30.8 Å². The van der Waals surface area contributed by atoms with E-state index in [0.717, 1.165) is 0 Å². The molecule has 0 atom stereocenters. The monoisotopic (exact) mass is 402 g/mol. The number of amides is 1. The molecule has 0 saturated heterocycles. The fraction of sp³-hybridized carbons (Fsp3) is 0.286. The Morgan fingerprint density at radius 3 is 2.04 bits per heavy atom. The largest absolute Gasteiger partial charge is 0.426 e. The van der Waals surface area contributed by atoms with E-state index in [1.54, 1.807) is 60.5 Å². The van der Waals surface area contributed by atoms with Gasteiger partial charge in [0.2, 0.25) is 5.91 Å². The summed E-state index contributed by atoms with van der Waals surface area (Å²) in [6.07, 6.45) is 0. The molecular weight excluding hydrogens is 380 g/mol. The van der Waals surface area contributed by atoms with Crippen LogP contribution in [0.1, 0.15) is 29.8 Å². The highest BCUT2D eigenvalue weighted by molar-refractivity contribution is 6.30. The van der Waals surface area contributed by atoms with Gasteiger partial charge >= 0.3 is 5.97 Å². The maximum Gasteiger partial charge on any atom is 0.325 e. The van der Waals surface area contributed by atoms with Crippen LogP contribution in [0.25, 0.3) is 0 Å². The van der Waals surface area contributed by atoms with Gasteiger partial charge in [-0.25, -0.2) is 0 Å². The van der Waals surface area contributed by atoms with Crippen molar-refractivity contribution >= 4 is 29.3 Å². The first-order valence-corrected chi connectivity index (χ1v) is 9.21. The fourth-order valence-corrected chi connectivity index (χ4v) is 2.62. The van der Waals surface area contributed by atoms with Crippen molar-refractivity contribution < 1.29 is 19.1 Å². The summed E-state index contributed by atoms with van der Waals surface area (Å²) in [7, 11) is 1.66. The van der Waals surface area contributed by atoms with E-state index < -0.39 is 5.97 Å². The van der Waals surface area contributed by atoms with E-state index in [9.17, 15) is 14.4 Å². The smallest absolute Gasteiger partial charge is 0.325 e. The number of carbonyl (C=O) groups is 3. The normalized spacial score (nSPS) is 10.8. The first-order valence-electron chi connectivity index (χ1n) is 8.83. The van der Waals surface area contributed by atoms with Gasteiger partial charge in [0.1, 0.15) is 5.75 Å². The van der Waals surface area contributed by atoms with E-state index in [1.165, 1.54) is 0 Å². The number of ether oxygens (including phenoxy) is 1. The first kappa shape index (κ1) is 21.6. The zero-order valence-electron chi connectivity index (χ0n) is 16.1. The van der Waals surface area contributed by atoms with Crippen LogP contribution in [0, 0.1) is 0 Å². The zero-order valence-corrected chi connectivity index (χ0v) is 16.8. The molecule has 0 unspecified atom stereocenters. The summed E-state index contributed by atoms with van der Waals surface area (Å²) in [5, 5.41) is 3.32. The number of benzene rings is 2. The van der Waals surface area contributed by atoms with Crippen LogP contribution in [-0.4, -0.2) is 48.7 Å². The molecule has 0 saturated carbocycles. The van der Waals surface area contributed by atoms with Crippen molar-refractivity contribution in [3.05, 3.63) is 64.7 Å². The van der Waals surface area contributed by atoms with Gasteiger partial charge in [-0.3, -0.25) is 19.3 Å². The maximum atomic E-state index is 12.4. The van der Waals surface area contributed by atoms with Crippen LogP contribution in [0.2, 0.25) is 5.02 Å². The van der Waals surface area contributed by atoms with Crippen LogP contribution < -0.4 is 10.1 Å². The molecule has 148 valence electrons. The molecule has 0 bridgehead atoms. The SMILES string of the molecule is CC(C)NC(=O)CN(C)CC(=O)Oc1ccc(C(=O)c2ccc(Cl)cc2)cc1. The summed E-state index contributed by atoms with van der Waals surface area (Å²) in [5.74, 6) is -0.463. The van der Waals surface area contributed by atoms with Gasteiger partial charge in [-0.1, -0.05) is 11.6 Å². The van der Waals surface area contributed by atoms with Gasteiger partial charge < -0.3 is 10.1 Å². The number of esters is 1. The number of nitrogens with one attached hydrogen (secondary N) is 1. The Labute approximate surface area is 169 Å². The van der Waals surface area contributed by atoms with Crippen LogP contribution in [-0.2, 0) is 9.59 Å². The van der Waals surface area contributed by atoms with E-state index in [2.05, 4.69) is 5.32 Å². The third-order valence-electron chi connectivity index (χ3n) is 3.72. The molecule has 0 aliphatic heterocycles. The molecule has 1 amide bonds. The molecule has 2 rings (SSSR count). The Balaban J connectivity index is 1.89. The minimum absolute atomic E-state index is 0.0308. The van der Waals surface area contributed by atoms with Gasteiger partial charge in [0.15, 0.2) is 5.78 Å². The number of ketones is 1. The highest BCUT2D eigenvalue weighted by Crippen LogP contribution is 2.17. The Hall–Kier alpha value is -2.70. The second-order valence-corrected chi connectivity index (χ2v) is 7.17. The molecule has 2 aromatic carbocycles. The summed E-state index contributed by atoms with van der Waals surface area (Å²) in [5.41, 5.74) is 1.00. The van der Waals surface area contributed by atoms with Gasteiger partial charge in [0.05, 0.1) is 13.1 Å². The quantitative estimate of drug-likeness (QED) is 0.417. The van der Waals surface area contributed by atoms with Crippen LogP contribution in [0.4, 0.5) is 0 Å². The summed E-state index contributed by atoms with van der Waals surface area (Å²) in [6, 6.07) is 13.0. The molecule has 1 N–H and O–H groups in total. The predicted molar refractivity (Wildman–Crippen MR) is 108 cm³/mol. The second-order valence-electron chi connectivity index (χ2n) is 6.73. The lowest BCUT2D eigenvalue weighted by atomic mass is 10.0. The Bertz CT molecular complexity index is 832. The molecule has 0 heterocycles. The Kier molecular flexibility index (Phi) is 7.72. The van der Waals surface area contributed by atoms with Crippen molar-refractivity contribution in [3.8, 4) is 5.75 Å². The number of hydrogen-bond donors (Lipinski definition) is 1. The third kappa shape index (κ3) is 6.79. The lowest BCUT2D eigenvalue weighted by Crippen LogP contribution is -2.40. The number of rotatable bonds is 8. The summed E-state index contributed by atoms with van der Waals surface area (Å²) < 4.78 is 5.26. The second kappa shape index (κ2) is 10.0. The summed E-state index contributed by atoms with van der Waals surface area (Å²) >= 11 is 5.83.